The van der Waals surface area contributed by atoms with Crippen LogP contribution in [0.2, 0.25) is 0 Å². The van der Waals surface area contributed by atoms with E-state index in [0.29, 0.717) is 0 Å². The van der Waals surface area contributed by atoms with E-state index in [2.05, 4.69) is 24.3 Å². The summed E-state index contributed by atoms with van der Waals surface area (Å²) < 4.78 is 0. The fraction of sp³-hybridized carbons (Fsp3) is 0.846. The molecule has 6 unspecified atom stereocenters. The van der Waals surface area contributed by atoms with Crippen molar-refractivity contribution in [2.24, 2.45) is 23.7 Å². The van der Waals surface area contributed by atoms with Crippen molar-refractivity contribution in [3.63, 3.8) is 0 Å². The Labute approximate surface area is 175 Å². The van der Waals surface area contributed by atoms with Crippen LogP contribution in [0.25, 0.3) is 0 Å². The third-order valence-electron chi connectivity index (χ3n) is 9.66. The lowest BCUT2D eigenvalue weighted by atomic mass is 10.0. The van der Waals surface area contributed by atoms with Gasteiger partial charge in [0.15, 0.2) is 0 Å². The van der Waals surface area contributed by atoms with Crippen LogP contribution in [0.15, 0.2) is 24.3 Å². The van der Waals surface area contributed by atoms with Crippen LogP contribution in [0, 0.1) is 23.7 Å². The minimum atomic E-state index is 0.285. The molecule has 4 saturated carbocycles. The largest absolute Gasteiger partial charge is 0.0988 e. The summed E-state index contributed by atoms with van der Waals surface area (Å²) in [5.74, 6) is 3.94. The van der Waals surface area contributed by atoms with E-state index in [1.54, 1.807) is 38.0 Å². The van der Waals surface area contributed by atoms with Crippen LogP contribution in [0.5, 0.6) is 0 Å². The Balaban J connectivity index is 1.23. The fourth-order valence-electron chi connectivity index (χ4n) is 8.38. The van der Waals surface area contributed by atoms with Crippen molar-refractivity contribution in [3.05, 3.63) is 24.3 Å². The Morgan fingerprint density at radius 2 is 0.714 bits per heavy atom. The van der Waals surface area contributed by atoms with Crippen LogP contribution in [0.4, 0.5) is 0 Å². The summed E-state index contributed by atoms with van der Waals surface area (Å²) in [6.45, 7) is 0. The minimum Gasteiger partial charge on any atom is -0.0988 e. The van der Waals surface area contributed by atoms with Gasteiger partial charge in [-0.3, -0.25) is 0 Å². The van der Waals surface area contributed by atoms with Gasteiger partial charge in [-0.2, -0.15) is 0 Å². The summed E-state index contributed by atoms with van der Waals surface area (Å²) in [5, 5.41) is 0. The van der Waals surface area contributed by atoms with E-state index in [1.165, 1.54) is 51.4 Å². The summed E-state index contributed by atoms with van der Waals surface area (Å²) in [5.41, 5.74) is 4.49. The zero-order chi connectivity index (χ0) is 18.5. The minimum absolute atomic E-state index is 0.285. The third-order valence-corrected chi connectivity index (χ3v) is 17.5. The molecular weight excluding hydrogens is 374 g/mol. The maximum atomic E-state index is 2.73. The Hall–Kier alpha value is 0.340. The molecule has 28 heavy (non-hydrogen) atoms. The molecular formula is C26H40P2. The first-order valence-electron chi connectivity index (χ1n) is 12.8. The molecule has 2 heterocycles. The lowest BCUT2D eigenvalue weighted by Gasteiger charge is -2.38. The zero-order valence-electron chi connectivity index (χ0n) is 17.7. The molecule has 4 fully saturated rings. The molecule has 0 nitrogen and oxygen atoms in total. The molecule has 0 aromatic rings. The summed E-state index contributed by atoms with van der Waals surface area (Å²) in [6, 6.07) is 0. The topological polar surface area (TPSA) is 0 Å². The first kappa shape index (κ1) is 19.1. The highest BCUT2D eigenvalue weighted by atomic mass is 31.1. The second-order valence-electron chi connectivity index (χ2n) is 10.9. The lowest BCUT2D eigenvalue weighted by molar-refractivity contribution is 0.683. The Morgan fingerprint density at radius 3 is 1.00 bits per heavy atom. The fourth-order valence-corrected chi connectivity index (χ4v) is 17.6. The quantitative estimate of drug-likeness (QED) is 0.327. The molecule has 154 valence electrons. The highest BCUT2D eigenvalue weighted by molar-refractivity contribution is 7.63. The second-order valence-corrected chi connectivity index (χ2v) is 16.5. The molecule has 0 radical (unpaired) electrons. The van der Waals surface area contributed by atoms with Gasteiger partial charge in [0.05, 0.1) is 0 Å². The van der Waals surface area contributed by atoms with Gasteiger partial charge in [-0.05, 0) is 110 Å². The van der Waals surface area contributed by atoms with Gasteiger partial charge >= 0.3 is 0 Å². The first-order chi connectivity index (χ1) is 13.9. The molecule has 4 aliphatic carbocycles. The monoisotopic (exact) mass is 414 g/mol. The molecule has 2 heteroatoms. The van der Waals surface area contributed by atoms with Crippen molar-refractivity contribution in [3.8, 4) is 0 Å². The Bertz CT molecular complexity index is 522. The van der Waals surface area contributed by atoms with Gasteiger partial charge in [0.2, 0.25) is 0 Å². The molecule has 0 saturated heterocycles. The predicted octanol–water partition coefficient (Wildman–Crippen LogP) is 7.76. The van der Waals surface area contributed by atoms with E-state index in [-0.39, 0.29) is 15.8 Å². The molecule has 0 N–H and O–H groups in total. The molecule has 0 bridgehead atoms. The van der Waals surface area contributed by atoms with Crippen LogP contribution in [-0.4, -0.2) is 35.0 Å². The molecule has 2 aliphatic heterocycles. The summed E-state index contributed by atoms with van der Waals surface area (Å²) >= 11 is 0. The highest BCUT2D eigenvalue weighted by Crippen LogP contribution is 2.67. The van der Waals surface area contributed by atoms with Crippen molar-refractivity contribution >= 4 is 15.8 Å². The Morgan fingerprint density at radius 1 is 0.429 bits per heavy atom. The van der Waals surface area contributed by atoms with Crippen LogP contribution in [-0.2, 0) is 0 Å². The molecule has 0 aromatic carbocycles. The Kier molecular flexibility index (Phi) is 5.52. The standard InChI is InChI=1S/C26H40P2/c1-5-19-13-14-20-6-2-10-24(20)27(23(19)9-1)17-18-28-25-11-3-7-21(25)15-16-22-8-4-12-26(22)28/h13-16,19-26H,1-12,17-18H2/t19-,20?,21-,22?,23?,24+,25?,26+,27?,28?/m1/s1. The van der Waals surface area contributed by atoms with Crippen molar-refractivity contribution < 1.29 is 0 Å². The van der Waals surface area contributed by atoms with E-state index in [9.17, 15) is 0 Å². The molecule has 0 spiro atoms. The first-order valence-corrected chi connectivity index (χ1v) is 16.1. The van der Waals surface area contributed by atoms with Crippen molar-refractivity contribution in [1.29, 1.82) is 0 Å². The number of rotatable bonds is 3. The smallest absolute Gasteiger partial charge is 0.0143 e. The van der Waals surface area contributed by atoms with Gasteiger partial charge in [-0.15, -0.1) is 0 Å². The van der Waals surface area contributed by atoms with Crippen LogP contribution >= 0.6 is 15.8 Å². The average molecular weight is 415 g/mol. The van der Waals surface area contributed by atoms with E-state index in [4.69, 9.17) is 0 Å². The van der Waals surface area contributed by atoms with Gasteiger partial charge < -0.3 is 0 Å². The second kappa shape index (κ2) is 8.12. The maximum Gasteiger partial charge on any atom is -0.0143 e. The van der Waals surface area contributed by atoms with E-state index < -0.39 is 0 Å². The number of hydrogen-bond acceptors (Lipinski definition) is 0. The third kappa shape index (κ3) is 3.32. The molecule has 10 atom stereocenters. The summed E-state index contributed by atoms with van der Waals surface area (Å²) in [6.07, 6.45) is 32.8. The molecule has 0 aromatic heterocycles. The van der Waals surface area contributed by atoms with Crippen LogP contribution in [0.3, 0.4) is 0 Å². The molecule has 6 rings (SSSR count). The lowest BCUT2D eigenvalue weighted by Crippen LogP contribution is -2.24. The van der Waals surface area contributed by atoms with E-state index in [0.717, 1.165) is 46.3 Å². The normalized spacial score (nSPS) is 52.0. The van der Waals surface area contributed by atoms with Gasteiger partial charge in [0.25, 0.3) is 0 Å². The van der Waals surface area contributed by atoms with Gasteiger partial charge in [0, 0.05) is 0 Å². The van der Waals surface area contributed by atoms with Crippen molar-refractivity contribution in [1.82, 2.24) is 0 Å². The summed E-state index contributed by atoms with van der Waals surface area (Å²) in [4.78, 5) is 0. The van der Waals surface area contributed by atoms with Crippen molar-refractivity contribution in [2.75, 3.05) is 12.3 Å². The van der Waals surface area contributed by atoms with Gasteiger partial charge in [-0.25, -0.2) is 0 Å². The summed E-state index contributed by atoms with van der Waals surface area (Å²) in [7, 11) is 0.570. The maximum absolute atomic E-state index is 2.73. The number of hydrogen-bond donors (Lipinski definition) is 0. The highest BCUT2D eigenvalue weighted by Gasteiger charge is 2.45. The number of allylic oxidation sites excluding steroid dienone is 4. The number of fused-ring (bicyclic) bond motifs is 4. The molecule has 6 aliphatic rings. The zero-order valence-corrected chi connectivity index (χ0v) is 19.5. The average Bonchev–Trinajstić information content (AvgIpc) is 3.48. The SMILES string of the molecule is C1=C[C@H]2CCCC2P(CCP2C3CCC[C@@H]3C=CC3CCC[C@@H]32)[C@H]2CCCC12. The van der Waals surface area contributed by atoms with Gasteiger partial charge in [0.1, 0.15) is 0 Å². The van der Waals surface area contributed by atoms with Crippen LogP contribution < -0.4 is 0 Å². The van der Waals surface area contributed by atoms with Crippen molar-refractivity contribution in [2.45, 2.75) is 99.7 Å². The predicted molar refractivity (Wildman–Crippen MR) is 126 cm³/mol. The van der Waals surface area contributed by atoms with Crippen LogP contribution in [0.1, 0.15) is 77.0 Å². The molecule has 0 amide bonds. The van der Waals surface area contributed by atoms with Gasteiger partial charge in [-0.1, -0.05) is 65.8 Å². The van der Waals surface area contributed by atoms with E-state index in [1.807, 2.05) is 0 Å². The van der Waals surface area contributed by atoms with E-state index >= 15 is 0 Å².